The van der Waals surface area contributed by atoms with E-state index in [-0.39, 0.29) is 0 Å². The van der Waals surface area contributed by atoms with Gasteiger partial charge in [-0.05, 0) is 35.9 Å². The molecule has 0 bridgehead atoms. The second-order valence-electron chi connectivity index (χ2n) is 5.07. The third-order valence-electron chi connectivity index (χ3n) is 3.67. The van der Waals surface area contributed by atoms with Crippen LogP contribution in [0, 0.1) is 0 Å². The van der Waals surface area contributed by atoms with Gasteiger partial charge in [-0.3, -0.25) is 0 Å². The zero-order valence-corrected chi connectivity index (χ0v) is 11.5. The van der Waals surface area contributed by atoms with Crippen LogP contribution in [-0.4, -0.2) is 0 Å². The normalized spacial score (nSPS) is 17.5. The average Bonchev–Trinajstić information content (AvgIpc) is 2.48. The van der Waals surface area contributed by atoms with E-state index in [9.17, 15) is 13.2 Å². The fraction of sp³-hybridized carbons (Fsp3) is 0.125. The van der Waals surface area contributed by atoms with Crippen molar-refractivity contribution in [2.75, 3.05) is 10.6 Å². The number of benzene rings is 2. The third-order valence-corrected chi connectivity index (χ3v) is 3.67. The lowest BCUT2D eigenvalue weighted by atomic mass is 9.99. The van der Waals surface area contributed by atoms with Crippen LogP contribution in [0.2, 0.25) is 0 Å². The van der Waals surface area contributed by atoms with Crippen molar-refractivity contribution in [1.82, 2.24) is 0 Å². The zero-order valence-electron chi connectivity index (χ0n) is 11.5. The van der Waals surface area contributed by atoms with E-state index in [1.807, 2.05) is 6.07 Å². The molecule has 3 nitrogen and oxygen atoms in total. The van der Waals surface area contributed by atoms with E-state index < -0.39 is 17.9 Å². The molecule has 1 atom stereocenters. The minimum Gasteiger partial charge on any atom is -0.398 e. The molecule has 2 aromatic carbocycles. The number of nitrogen functional groups attached to an aromatic ring is 1. The molecule has 0 radical (unpaired) electrons. The summed E-state index contributed by atoms with van der Waals surface area (Å²) in [7, 11) is 0. The van der Waals surface area contributed by atoms with E-state index in [4.69, 9.17) is 11.5 Å². The maximum atomic E-state index is 12.8. The first kappa shape index (κ1) is 14.5. The van der Waals surface area contributed by atoms with E-state index in [0.29, 0.717) is 11.4 Å². The van der Waals surface area contributed by atoms with E-state index in [1.165, 1.54) is 6.07 Å². The molecule has 0 fully saturated rings. The second-order valence-corrected chi connectivity index (χ2v) is 5.07. The lowest BCUT2D eigenvalue weighted by molar-refractivity contribution is -0.137. The van der Waals surface area contributed by atoms with Gasteiger partial charge in [-0.15, -0.1) is 0 Å². The van der Waals surface area contributed by atoms with Crippen molar-refractivity contribution in [2.45, 2.75) is 12.3 Å². The minimum atomic E-state index is -4.39. The van der Waals surface area contributed by atoms with Gasteiger partial charge in [-0.1, -0.05) is 18.2 Å². The maximum Gasteiger partial charge on any atom is 0.416 e. The Balaban J connectivity index is 2.02. The van der Waals surface area contributed by atoms with Gasteiger partial charge in [0.05, 0.1) is 5.56 Å². The smallest absolute Gasteiger partial charge is 0.398 e. The van der Waals surface area contributed by atoms with Crippen LogP contribution in [-0.2, 0) is 6.18 Å². The Bertz CT molecular complexity index is 738. The first-order valence-electron chi connectivity index (χ1n) is 6.66. The number of halogens is 3. The van der Waals surface area contributed by atoms with Gasteiger partial charge in [0.25, 0.3) is 0 Å². The molecule has 1 aliphatic heterocycles. The maximum absolute atomic E-state index is 12.8. The van der Waals surface area contributed by atoms with E-state index in [2.05, 4.69) is 0 Å². The monoisotopic (exact) mass is 305 g/mol. The highest BCUT2D eigenvalue weighted by atomic mass is 19.4. The molecule has 0 aliphatic carbocycles. The van der Waals surface area contributed by atoms with Crippen LogP contribution in [0.4, 0.5) is 24.5 Å². The standard InChI is InChI=1S/C16H14F3N3/c17-16(18,19)10-3-1-4-11(9-10)22-8-7-12-13(15(22)21)5-2-6-14(12)20/h1-9,15H,20-21H2. The molecule has 1 aliphatic rings. The lowest BCUT2D eigenvalue weighted by Crippen LogP contribution is -2.33. The number of fused-ring (bicyclic) bond motifs is 1. The molecule has 0 saturated heterocycles. The predicted molar refractivity (Wildman–Crippen MR) is 80.7 cm³/mol. The van der Waals surface area contributed by atoms with Crippen LogP contribution in [0.1, 0.15) is 22.9 Å². The first-order valence-corrected chi connectivity index (χ1v) is 6.66. The molecular weight excluding hydrogens is 291 g/mol. The molecule has 3 rings (SSSR count). The molecule has 114 valence electrons. The number of rotatable bonds is 1. The summed E-state index contributed by atoms with van der Waals surface area (Å²) >= 11 is 0. The zero-order chi connectivity index (χ0) is 15.9. The number of nitrogens with zero attached hydrogens (tertiary/aromatic N) is 1. The topological polar surface area (TPSA) is 55.3 Å². The van der Waals surface area contributed by atoms with Crippen LogP contribution in [0.25, 0.3) is 6.08 Å². The van der Waals surface area contributed by atoms with Crippen LogP contribution >= 0.6 is 0 Å². The predicted octanol–water partition coefficient (Wildman–Crippen LogP) is 3.74. The van der Waals surface area contributed by atoms with Crippen molar-refractivity contribution >= 4 is 17.5 Å². The summed E-state index contributed by atoms with van der Waals surface area (Å²) < 4.78 is 38.5. The summed E-state index contributed by atoms with van der Waals surface area (Å²) in [5.41, 5.74) is 13.9. The molecular formula is C16H14F3N3. The van der Waals surface area contributed by atoms with Crippen molar-refractivity contribution in [2.24, 2.45) is 5.73 Å². The van der Waals surface area contributed by atoms with Crippen LogP contribution in [0.3, 0.4) is 0 Å². The molecule has 1 unspecified atom stereocenters. The average molecular weight is 305 g/mol. The fourth-order valence-electron chi connectivity index (χ4n) is 2.54. The minimum absolute atomic E-state index is 0.381. The fourth-order valence-corrected chi connectivity index (χ4v) is 2.54. The van der Waals surface area contributed by atoms with Gasteiger partial charge in [0.1, 0.15) is 6.17 Å². The number of alkyl halides is 3. The van der Waals surface area contributed by atoms with E-state index >= 15 is 0 Å². The Morgan fingerprint density at radius 1 is 1.05 bits per heavy atom. The van der Waals surface area contributed by atoms with Crippen molar-refractivity contribution in [3.63, 3.8) is 0 Å². The van der Waals surface area contributed by atoms with Gasteiger partial charge < -0.3 is 16.4 Å². The summed E-state index contributed by atoms with van der Waals surface area (Å²) in [5, 5.41) is 0. The molecule has 0 spiro atoms. The SMILES string of the molecule is Nc1cccc2c1C=CN(c1cccc(C(F)(F)F)c1)C2N. The largest absolute Gasteiger partial charge is 0.416 e. The Kier molecular flexibility index (Phi) is 3.33. The van der Waals surface area contributed by atoms with E-state index in [1.54, 1.807) is 35.4 Å². The summed E-state index contributed by atoms with van der Waals surface area (Å²) in [4.78, 5) is 1.59. The number of hydrogen-bond acceptors (Lipinski definition) is 3. The summed E-state index contributed by atoms with van der Waals surface area (Å²) in [6, 6.07) is 10.4. The summed E-state index contributed by atoms with van der Waals surface area (Å²) in [6.45, 7) is 0. The molecule has 1 heterocycles. The molecule has 4 N–H and O–H groups in total. The van der Waals surface area contributed by atoms with Crippen LogP contribution < -0.4 is 16.4 Å². The van der Waals surface area contributed by atoms with E-state index in [0.717, 1.165) is 23.3 Å². The van der Waals surface area contributed by atoms with Gasteiger partial charge in [0.15, 0.2) is 0 Å². The van der Waals surface area contributed by atoms with Crippen LogP contribution in [0.5, 0.6) is 0 Å². The van der Waals surface area contributed by atoms with Gasteiger partial charge >= 0.3 is 6.18 Å². The summed E-state index contributed by atoms with van der Waals surface area (Å²) in [5.74, 6) is 0. The quantitative estimate of drug-likeness (QED) is 0.789. The van der Waals surface area contributed by atoms with Gasteiger partial charge in [0.2, 0.25) is 0 Å². The highest BCUT2D eigenvalue weighted by molar-refractivity contribution is 5.74. The molecule has 22 heavy (non-hydrogen) atoms. The van der Waals surface area contributed by atoms with Crippen molar-refractivity contribution in [3.8, 4) is 0 Å². The molecule has 0 aromatic heterocycles. The van der Waals surface area contributed by atoms with Crippen molar-refractivity contribution in [3.05, 3.63) is 65.4 Å². The molecule has 0 saturated carbocycles. The Morgan fingerprint density at radius 3 is 2.50 bits per heavy atom. The molecule has 0 amide bonds. The summed E-state index contributed by atoms with van der Waals surface area (Å²) in [6.07, 6.45) is -1.57. The Morgan fingerprint density at radius 2 is 1.77 bits per heavy atom. The third kappa shape index (κ3) is 2.42. The Hall–Kier alpha value is -2.47. The van der Waals surface area contributed by atoms with Gasteiger partial charge in [-0.25, -0.2) is 0 Å². The van der Waals surface area contributed by atoms with Crippen molar-refractivity contribution < 1.29 is 13.2 Å². The Labute approximate surface area is 125 Å². The van der Waals surface area contributed by atoms with Gasteiger partial charge in [-0.2, -0.15) is 13.2 Å². The molecule has 6 heteroatoms. The molecule has 2 aromatic rings. The second kappa shape index (κ2) is 5.06. The number of anilines is 2. The number of hydrogen-bond donors (Lipinski definition) is 2. The lowest BCUT2D eigenvalue weighted by Gasteiger charge is -2.33. The number of nitrogens with two attached hydrogens (primary N) is 2. The van der Waals surface area contributed by atoms with Gasteiger partial charge in [0, 0.05) is 23.1 Å². The van der Waals surface area contributed by atoms with Crippen molar-refractivity contribution in [1.29, 1.82) is 0 Å². The van der Waals surface area contributed by atoms with Crippen LogP contribution in [0.15, 0.2) is 48.7 Å². The highest BCUT2D eigenvalue weighted by Crippen LogP contribution is 2.36. The first-order chi connectivity index (χ1) is 10.4. The highest BCUT2D eigenvalue weighted by Gasteiger charge is 2.31.